The van der Waals surface area contributed by atoms with Crippen LogP contribution in [0.15, 0.2) is 78.9 Å². The quantitative estimate of drug-likeness (QED) is 0.444. The number of amides is 2. The normalized spacial score (nSPS) is 14.7. The maximum absolute atomic E-state index is 13.0. The van der Waals surface area contributed by atoms with E-state index in [-0.39, 0.29) is 23.5 Å². The third-order valence-electron chi connectivity index (χ3n) is 6.66. The number of sulfonamides is 1. The van der Waals surface area contributed by atoms with Gasteiger partial charge in [0.05, 0.1) is 17.0 Å². The zero-order valence-corrected chi connectivity index (χ0v) is 21.8. The van der Waals surface area contributed by atoms with Crippen LogP contribution >= 0.6 is 0 Å². The summed E-state index contributed by atoms with van der Waals surface area (Å²) in [6, 6.07) is 24.3. The third kappa shape index (κ3) is 7.27. The molecule has 0 radical (unpaired) electrons. The van der Waals surface area contributed by atoms with E-state index < -0.39 is 10.0 Å². The maximum Gasteiger partial charge on any atom is 0.253 e. The van der Waals surface area contributed by atoms with Crippen LogP contribution in [0.4, 0.5) is 5.69 Å². The Morgan fingerprint density at radius 2 is 1.51 bits per heavy atom. The molecule has 1 saturated heterocycles. The molecule has 1 fully saturated rings. The first-order valence-electron chi connectivity index (χ1n) is 12.6. The van der Waals surface area contributed by atoms with Crippen LogP contribution in [0.25, 0.3) is 0 Å². The standard InChI is InChI=1S/C29H33N3O4S/c1-22-11-13-24(14-12-22)21-37(35,36)32-19-16-25(17-20-32)28(33)31-27-10-6-5-9-26(27)29(34)30-18-15-23-7-3-2-4-8-23/h2-14,25H,15-21H2,1H3,(H,30,34)(H,31,33). The number of benzene rings is 3. The predicted octanol–water partition coefficient (Wildman–Crippen LogP) is 4.15. The van der Waals surface area contributed by atoms with Gasteiger partial charge in [-0.05, 0) is 49.4 Å². The lowest BCUT2D eigenvalue weighted by atomic mass is 9.97. The van der Waals surface area contributed by atoms with Gasteiger partial charge in [0.15, 0.2) is 0 Å². The lowest BCUT2D eigenvalue weighted by molar-refractivity contribution is -0.120. The Balaban J connectivity index is 1.30. The maximum atomic E-state index is 13.0. The molecule has 0 atom stereocenters. The Morgan fingerprint density at radius 3 is 2.22 bits per heavy atom. The number of hydrogen-bond donors (Lipinski definition) is 2. The monoisotopic (exact) mass is 519 g/mol. The van der Waals surface area contributed by atoms with Crippen molar-refractivity contribution in [3.05, 3.63) is 101 Å². The number of para-hydroxylation sites is 1. The first-order chi connectivity index (χ1) is 17.8. The third-order valence-corrected chi connectivity index (χ3v) is 8.51. The number of nitrogens with one attached hydrogen (secondary N) is 2. The molecule has 2 amide bonds. The average Bonchev–Trinajstić information content (AvgIpc) is 2.91. The molecule has 0 spiro atoms. The van der Waals surface area contributed by atoms with Crippen molar-refractivity contribution in [2.24, 2.45) is 5.92 Å². The molecule has 37 heavy (non-hydrogen) atoms. The van der Waals surface area contributed by atoms with Crippen LogP contribution in [-0.4, -0.2) is 44.2 Å². The fraction of sp³-hybridized carbons (Fsp3) is 0.310. The van der Waals surface area contributed by atoms with Gasteiger partial charge >= 0.3 is 0 Å². The Kier molecular flexibility index (Phi) is 8.74. The number of hydrogen-bond acceptors (Lipinski definition) is 4. The van der Waals surface area contributed by atoms with E-state index in [1.165, 1.54) is 4.31 Å². The first-order valence-corrected chi connectivity index (χ1v) is 14.2. The highest BCUT2D eigenvalue weighted by molar-refractivity contribution is 7.88. The molecule has 0 bridgehead atoms. The summed E-state index contributed by atoms with van der Waals surface area (Å²) in [4.78, 5) is 25.8. The fourth-order valence-corrected chi connectivity index (χ4v) is 6.03. The second-order valence-corrected chi connectivity index (χ2v) is 11.4. The molecule has 0 unspecified atom stereocenters. The molecule has 3 aromatic carbocycles. The SMILES string of the molecule is Cc1ccc(CS(=O)(=O)N2CCC(C(=O)Nc3ccccc3C(=O)NCCc3ccccc3)CC2)cc1. The lowest BCUT2D eigenvalue weighted by Crippen LogP contribution is -2.42. The van der Waals surface area contributed by atoms with Gasteiger partial charge in [-0.1, -0.05) is 72.3 Å². The number of piperidine rings is 1. The Morgan fingerprint density at radius 1 is 0.865 bits per heavy atom. The molecule has 7 nitrogen and oxygen atoms in total. The van der Waals surface area contributed by atoms with E-state index in [0.29, 0.717) is 50.1 Å². The van der Waals surface area contributed by atoms with Crippen molar-refractivity contribution in [1.29, 1.82) is 0 Å². The molecule has 8 heteroatoms. The van der Waals surface area contributed by atoms with Crippen molar-refractivity contribution in [1.82, 2.24) is 9.62 Å². The number of rotatable bonds is 9. The molecule has 194 valence electrons. The summed E-state index contributed by atoms with van der Waals surface area (Å²) >= 11 is 0. The first kappa shape index (κ1) is 26.6. The van der Waals surface area contributed by atoms with Crippen LogP contribution in [0.2, 0.25) is 0 Å². The second kappa shape index (κ2) is 12.2. The summed E-state index contributed by atoms with van der Waals surface area (Å²) in [5.41, 5.74) is 3.83. The van der Waals surface area contributed by atoms with Gasteiger partial charge in [0.1, 0.15) is 0 Å². The number of nitrogens with zero attached hydrogens (tertiary/aromatic N) is 1. The minimum absolute atomic E-state index is 0.0447. The van der Waals surface area contributed by atoms with Gasteiger partial charge in [0.25, 0.3) is 5.91 Å². The van der Waals surface area contributed by atoms with E-state index in [4.69, 9.17) is 0 Å². The second-order valence-electron chi connectivity index (χ2n) is 9.44. The molecular weight excluding hydrogens is 486 g/mol. The van der Waals surface area contributed by atoms with Crippen molar-refractivity contribution < 1.29 is 18.0 Å². The highest BCUT2D eigenvalue weighted by Gasteiger charge is 2.31. The highest BCUT2D eigenvalue weighted by atomic mass is 32.2. The highest BCUT2D eigenvalue weighted by Crippen LogP contribution is 2.24. The summed E-state index contributed by atoms with van der Waals surface area (Å²) in [6.07, 6.45) is 1.58. The topological polar surface area (TPSA) is 95.6 Å². The van der Waals surface area contributed by atoms with Crippen LogP contribution in [-0.2, 0) is 27.0 Å². The Bertz CT molecular complexity index is 1320. The van der Waals surface area contributed by atoms with E-state index in [9.17, 15) is 18.0 Å². The number of carbonyl (C=O) groups excluding carboxylic acids is 2. The van der Waals surface area contributed by atoms with Gasteiger partial charge in [0, 0.05) is 25.6 Å². The Labute approximate surface area is 218 Å². The molecule has 2 N–H and O–H groups in total. The van der Waals surface area contributed by atoms with E-state index in [1.54, 1.807) is 24.3 Å². The summed E-state index contributed by atoms with van der Waals surface area (Å²) in [7, 11) is -3.46. The Hall–Kier alpha value is -3.49. The van der Waals surface area contributed by atoms with E-state index in [0.717, 1.165) is 16.7 Å². The van der Waals surface area contributed by atoms with Gasteiger partial charge in [-0.15, -0.1) is 0 Å². The van der Waals surface area contributed by atoms with Crippen molar-refractivity contribution in [2.75, 3.05) is 25.0 Å². The zero-order valence-electron chi connectivity index (χ0n) is 21.0. The minimum atomic E-state index is -3.46. The van der Waals surface area contributed by atoms with Gasteiger partial charge in [0.2, 0.25) is 15.9 Å². The summed E-state index contributed by atoms with van der Waals surface area (Å²) in [5.74, 6) is -0.805. The summed E-state index contributed by atoms with van der Waals surface area (Å²) < 4.78 is 27.2. The molecule has 1 aliphatic rings. The average molecular weight is 520 g/mol. The van der Waals surface area contributed by atoms with Crippen LogP contribution in [0, 0.1) is 12.8 Å². The van der Waals surface area contributed by atoms with Gasteiger partial charge in [-0.3, -0.25) is 9.59 Å². The van der Waals surface area contributed by atoms with Crippen molar-refractivity contribution in [3.8, 4) is 0 Å². The fourth-order valence-electron chi connectivity index (χ4n) is 4.47. The zero-order chi connectivity index (χ0) is 26.3. The molecular formula is C29H33N3O4S. The number of anilines is 1. The van der Waals surface area contributed by atoms with Crippen LogP contribution in [0.5, 0.6) is 0 Å². The lowest BCUT2D eigenvalue weighted by Gasteiger charge is -2.30. The van der Waals surface area contributed by atoms with E-state index >= 15 is 0 Å². The van der Waals surface area contributed by atoms with E-state index in [2.05, 4.69) is 10.6 Å². The molecule has 0 aliphatic carbocycles. The van der Waals surface area contributed by atoms with Crippen molar-refractivity contribution in [2.45, 2.75) is 31.9 Å². The van der Waals surface area contributed by atoms with Crippen molar-refractivity contribution >= 4 is 27.5 Å². The summed E-state index contributed by atoms with van der Waals surface area (Å²) in [5, 5.41) is 5.82. The number of carbonyl (C=O) groups is 2. The smallest absolute Gasteiger partial charge is 0.253 e. The molecule has 1 heterocycles. The number of aryl methyl sites for hydroxylation is 1. The van der Waals surface area contributed by atoms with Gasteiger partial charge in [-0.25, -0.2) is 12.7 Å². The summed E-state index contributed by atoms with van der Waals surface area (Å²) in [6.45, 7) is 3.05. The molecule has 3 aromatic rings. The predicted molar refractivity (Wildman–Crippen MR) is 146 cm³/mol. The molecule has 0 aromatic heterocycles. The molecule has 1 aliphatic heterocycles. The van der Waals surface area contributed by atoms with Crippen LogP contribution < -0.4 is 10.6 Å². The largest absolute Gasteiger partial charge is 0.352 e. The molecule has 0 saturated carbocycles. The van der Waals surface area contributed by atoms with E-state index in [1.807, 2.05) is 61.5 Å². The van der Waals surface area contributed by atoms with Crippen LogP contribution in [0.1, 0.15) is 39.9 Å². The van der Waals surface area contributed by atoms with Gasteiger partial charge < -0.3 is 10.6 Å². The minimum Gasteiger partial charge on any atom is -0.352 e. The van der Waals surface area contributed by atoms with Crippen LogP contribution in [0.3, 0.4) is 0 Å². The molecule has 4 rings (SSSR count). The van der Waals surface area contributed by atoms with Crippen molar-refractivity contribution in [3.63, 3.8) is 0 Å². The van der Waals surface area contributed by atoms with Gasteiger partial charge in [-0.2, -0.15) is 0 Å².